The molecule has 0 aliphatic carbocycles. The van der Waals surface area contributed by atoms with Gasteiger partial charge >= 0.3 is 5.97 Å². The Balaban J connectivity index is 1.73. The number of carbonyl (C=O) groups is 3. The maximum absolute atomic E-state index is 14.3. The number of carbonyl (C=O) groups excluding carboxylic acids is 3. The molecule has 0 aliphatic rings. The van der Waals surface area contributed by atoms with Crippen LogP contribution < -0.4 is 5.32 Å². The van der Waals surface area contributed by atoms with Crippen LogP contribution in [0.25, 0.3) is 11.3 Å². The van der Waals surface area contributed by atoms with Crippen LogP contribution in [0.4, 0.5) is 10.1 Å². The molecule has 3 rings (SSSR count). The Morgan fingerprint density at radius 2 is 1.87 bits per heavy atom. The van der Waals surface area contributed by atoms with E-state index >= 15 is 0 Å². The quantitative estimate of drug-likeness (QED) is 0.414. The molecule has 0 spiro atoms. The summed E-state index contributed by atoms with van der Waals surface area (Å²) in [6.07, 6.45) is 0.332. The smallest absolute Gasteiger partial charge is 0.344 e. The van der Waals surface area contributed by atoms with Crippen molar-refractivity contribution < 1.29 is 28.0 Å². The molecule has 31 heavy (non-hydrogen) atoms. The van der Waals surface area contributed by atoms with Gasteiger partial charge in [0.2, 0.25) is 5.91 Å². The lowest BCUT2D eigenvalue weighted by Crippen LogP contribution is -2.15. The third-order valence-corrected chi connectivity index (χ3v) is 4.73. The molecule has 0 unspecified atom stereocenters. The van der Waals surface area contributed by atoms with Crippen LogP contribution in [0.15, 0.2) is 47.0 Å². The lowest BCUT2D eigenvalue weighted by atomic mass is 10.1. The van der Waals surface area contributed by atoms with Gasteiger partial charge in [-0.1, -0.05) is 29.7 Å². The highest BCUT2D eigenvalue weighted by Gasteiger charge is 2.27. The third-order valence-electron chi connectivity index (χ3n) is 4.41. The molecule has 1 N–H and O–H groups in total. The molecular weight excluding hydrogens is 427 g/mol. The fourth-order valence-electron chi connectivity index (χ4n) is 2.78. The van der Waals surface area contributed by atoms with Gasteiger partial charge in [0.25, 0.3) is 0 Å². The summed E-state index contributed by atoms with van der Waals surface area (Å²) in [6, 6.07) is 10.2. The fraction of sp³-hybridized carbons (Fsp3) is 0.182. The first-order valence-corrected chi connectivity index (χ1v) is 9.70. The number of halogens is 2. The topological polar surface area (TPSA) is 98.5 Å². The molecule has 7 nitrogen and oxygen atoms in total. The second-order valence-electron chi connectivity index (χ2n) is 6.54. The first kappa shape index (κ1) is 22.2. The molecule has 160 valence electrons. The summed E-state index contributed by atoms with van der Waals surface area (Å²) in [6.45, 7) is 2.64. The van der Waals surface area contributed by atoms with Crippen molar-refractivity contribution in [2.24, 2.45) is 0 Å². The fourth-order valence-corrected chi connectivity index (χ4v) is 3.04. The third kappa shape index (κ3) is 4.97. The molecule has 0 aliphatic heterocycles. The Hall–Kier alpha value is -3.52. The van der Waals surface area contributed by atoms with E-state index in [1.807, 2.05) is 0 Å². The number of ether oxygens (including phenoxy) is 1. The minimum absolute atomic E-state index is 0.0497. The van der Waals surface area contributed by atoms with Crippen molar-refractivity contribution in [1.29, 1.82) is 0 Å². The molecule has 0 bridgehead atoms. The minimum atomic E-state index is -0.895. The molecule has 3 aromatic rings. The summed E-state index contributed by atoms with van der Waals surface area (Å²) >= 11 is 6.06. The van der Waals surface area contributed by atoms with Crippen molar-refractivity contribution in [3.05, 3.63) is 70.2 Å². The molecular formula is C22H18ClFN2O5. The zero-order valence-electron chi connectivity index (χ0n) is 16.7. The van der Waals surface area contributed by atoms with Crippen LogP contribution in [0.2, 0.25) is 5.02 Å². The second kappa shape index (κ2) is 9.53. The van der Waals surface area contributed by atoms with Gasteiger partial charge in [0.1, 0.15) is 22.8 Å². The van der Waals surface area contributed by atoms with E-state index in [2.05, 4.69) is 10.5 Å². The van der Waals surface area contributed by atoms with E-state index in [4.69, 9.17) is 20.9 Å². The molecule has 0 radical (unpaired) electrons. The van der Waals surface area contributed by atoms with Gasteiger partial charge < -0.3 is 14.6 Å². The molecule has 1 aromatic heterocycles. The van der Waals surface area contributed by atoms with E-state index in [0.717, 1.165) is 0 Å². The van der Waals surface area contributed by atoms with Crippen LogP contribution in [0.3, 0.4) is 0 Å². The zero-order chi connectivity index (χ0) is 22.5. The van der Waals surface area contributed by atoms with Crippen molar-refractivity contribution >= 4 is 34.9 Å². The zero-order valence-corrected chi connectivity index (χ0v) is 17.5. The number of ketones is 1. The van der Waals surface area contributed by atoms with E-state index < -0.39 is 24.2 Å². The van der Waals surface area contributed by atoms with Crippen LogP contribution in [0.1, 0.15) is 39.8 Å². The maximum Gasteiger partial charge on any atom is 0.344 e. The monoisotopic (exact) mass is 444 g/mol. The van der Waals surface area contributed by atoms with E-state index in [9.17, 15) is 18.8 Å². The molecule has 2 aromatic carbocycles. The number of aromatic nitrogens is 1. The molecule has 0 fully saturated rings. The number of nitrogens with one attached hydrogen (secondary N) is 1. The highest BCUT2D eigenvalue weighted by atomic mass is 35.5. The van der Waals surface area contributed by atoms with Crippen molar-refractivity contribution in [3.8, 4) is 11.3 Å². The molecule has 0 atom stereocenters. The number of Topliss-reactive ketones (excluding diaryl/α,β-unsaturated/α-hetero) is 1. The Labute approximate surface area is 182 Å². The molecule has 1 amide bonds. The number of benzene rings is 2. The maximum atomic E-state index is 14.3. The van der Waals surface area contributed by atoms with Crippen molar-refractivity contribution in [2.75, 3.05) is 11.9 Å². The van der Waals surface area contributed by atoms with Gasteiger partial charge in [-0.15, -0.1) is 0 Å². The predicted octanol–water partition coefficient (Wildman–Crippen LogP) is 4.83. The summed E-state index contributed by atoms with van der Waals surface area (Å²) in [5.74, 6) is -2.08. The number of rotatable bonds is 7. The Morgan fingerprint density at radius 3 is 2.52 bits per heavy atom. The van der Waals surface area contributed by atoms with E-state index in [-0.39, 0.29) is 33.5 Å². The number of amides is 1. The first-order valence-electron chi connectivity index (χ1n) is 9.32. The van der Waals surface area contributed by atoms with Crippen LogP contribution in [-0.4, -0.2) is 29.4 Å². The number of hydrogen-bond donors (Lipinski definition) is 1. The molecule has 0 saturated carbocycles. The van der Waals surface area contributed by atoms with Gasteiger partial charge in [-0.2, -0.15) is 0 Å². The van der Waals surface area contributed by atoms with Crippen LogP contribution in [0.5, 0.6) is 0 Å². The van der Waals surface area contributed by atoms with Crippen molar-refractivity contribution in [3.63, 3.8) is 0 Å². The Bertz CT molecular complexity index is 1120. The highest BCUT2D eigenvalue weighted by molar-refractivity contribution is 6.33. The standard InChI is InChI=1S/C22H18ClFN2O5/c1-3-18(28)25-14-9-7-13(8-10-14)17(27)11-30-22(29)19-12(2)31-26-21(19)20-15(23)5-4-6-16(20)24/h4-10H,3,11H2,1-2H3,(H,25,28). The van der Waals surface area contributed by atoms with Crippen molar-refractivity contribution in [2.45, 2.75) is 20.3 Å². The molecule has 1 heterocycles. The summed E-state index contributed by atoms with van der Waals surface area (Å²) in [5, 5.41) is 6.45. The van der Waals surface area contributed by atoms with E-state index in [0.29, 0.717) is 17.7 Å². The Morgan fingerprint density at radius 1 is 1.16 bits per heavy atom. The Kier molecular flexibility index (Phi) is 6.81. The van der Waals surface area contributed by atoms with Gasteiger partial charge in [-0.25, -0.2) is 9.18 Å². The van der Waals surface area contributed by atoms with Gasteiger partial charge in [-0.3, -0.25) is 9.59 Å². The number of nitrogens with zero attached hydrogens (tertiary/aromatic N) is 1. The predicted molar refractivity (Wildman–Crippen MR) is 112 cm³/mol. The lowest BCUT2D eigenvalue weighted by Gasteiger charge is -2.07. The summed E-state index contributed by atoms with van der Waals surface area (Å²) in [4.78, 5) is 36.4. The van der Waals surface area contributed by atoms with Gasteiger partial charge in [0.15, 0.2) is 12.4 Å². The largest absolute Gasteiger partial charge is 0.454 e. The summed E-state index contributed by atoms with van der Waals surface area (Å²) in [7, 11) is 0. The lowest BCUT2D eigenvalue weighted by molar-refractivity contribution is -0.115. The number of hydrogen-bond acceptors (Lipinski definition) is 6. The molecule has 9 heteroatoms. The van der Waals surface area contributed by atoms with Crippen LogP contribution in [-0.2, 0) is 9.53 Å². The minimum Gasteiger partial charge on any atom is -0.454 e. The average Bonchev–Trinajstić information content (AvgIpc) is 3.13. The highest BCUT2D eigenvalue weighted by Crippen LogP contribution is 2.33. The van der Waals surface area contributed by atoms with Gasteiger partial charge in [-0.05, 0) is 43.3 Å². The first-order chi connectivity index (χ1) is 14.8. The molecule has 0 saturated heterocycles. The van der Waals surface area contributed by atoms with E-state index in [1.165, 1.54) is 37.3 Å². The van der Waals surface area contributed by atoms with Crippen LogP contribution >= 0.6 is 11.6 Å². The van der Waals surface area contributed by atoms with Crippen molar-refractivity contribution in [1.82, 2.24) is 5.16 Å². The number of anilines is 1. The normalized spacial score (nSPS) is 10.6. The van der Waals surface area contributed by atoms with Gasteiger partial charge in [0, 0.05) is 17.7 Å². The summed E-state index contributed by atoms with van der Waals surface area (Å²) in [5.41, 5.74) is 0.532. The van der Waals surface area contributed by atoms with E-state index in [1.54, 1.807) is 19.1 Å². The number of aryl methyl sites for hydroxylation is 1. The second-order valence-corrected chi connectivity index (χ2v) is 6.94. The number of esters is 1. The average molecular weight is 445 g/mol. The summed E-state index contributed by atoms with van der Waals surface area (Å²) < 4.78 is 24.4. The van der Waals surface area contributed by atoms with Crippen LogP contribution in [0, 0.1) is 12.7 Å². The SMILES string of the molecule is CCC(=O)Nc1ccc(C(=O)COC(=O)c2c(-c3c(F)cccc3Cl)noc2C)cc1. The van der Waals surface area contributed by atoms with Gasteiger partial charge in [0.05, 0.1) is 10.6 Å².